The van der Waals surface area contributed by atoms with Crippen LogP contribution in [0, 0.1) is 5.82 Å². The third-order valence-corrected chi connectivity index (χ3v) is 5.57. The Balaban J connectivity index is 1.58. The molecule has 1 saturated heterocycles. The van der Waals surface area contributed by atoms with E-state index in [-0.39, 0.29) is 17.5 Å². The molecule has 2 aromatic heterocycles. The van der Waals surface area contributed by atoms with Crippen LogP contribution in [0.15, 0.2) is 65.5 Å². The zero-order chi connectivity index (χ0) is 21.2. The summed E-state index contributed by atoms with van der Waals surface area (Å²) in [7, 11) is 0. The Hall–Kier alpha value is -3.29. The highest BCUT2D eigenvalue weighted by Crippen LogP contribution is 2.29. The molecule has 0 saturated carbocycles. The van der Waals surface area contributed by atoms with E-state index in [4.69, 9.17) is 9.84 Å². The number of halogens is 1. The minimum absolute atomic E-state index is 0.171. The first kappa shape index (κ1) is 19.7. The Morgan fingerprint density at radius 2 is 2.03 bits per heavy atom. The Bertz CT molecular complexity index is 1260. The number of benzene rings is 2. The first-order valence-electron chi connectivity index (χ1n) is 10.5. The molecule has 4 aromatic rings. The van der Waals surface area contributed by atoms with Gasteiger partial charge in [0.25, 0.3) is 5.56 Å². The van der Waals surface area contributed by atoms with Crippen molar-refractivity contribution in [3.05, 3.63) is 82.4 Å². The predicted octanol–water partition coefficient (Wildman–Crippen LogP) is 3.79. The van der Waals surface area contributed by atoms with Gasteiger partial charge in [0.15, 0.2) is 0 Å². The van der Waals surface area contributed by atoms with Crippen molar-refractivity contribution in [3.63, 3.8) is 0 Å². The Kier molecular flexibility index (Phi) is 5.36. The first-order chi connectivity index (χ1) is 15.2. The van der Waals surface area contributed by atoms with Crippen LogP contribution in [0.1, 0.15) is 18.4 Å². The van der Waals surface area contributed by atoms with E-state index in [1.54, 1.807) is 10.7 Å². The zero-order valence-electron chi connectivity index (χ0n) is 17.0. The number of ether oxygens (including phenoxy) is 1. The van der Waals surface area contributed by atoms with Crippen LogP contribution in [-0.4, -0.2) is 34.0 Å². The van der Waals surface area contributed by atoms with Crippen LogP contribution in [0.4, 0.5) is 4.39 Å². The maximum absolute atomic E-state index is 13.9. The molecule has 0 radical (unpaired) electrons. The first-order valence-corrected chi connectivity index (χ1v) is 10.5. The van der Waals surface area contributed by atoms with Crippen molar-refractivity contribution in [2.45, 2.75) is 25.5 Å². The molecule has 31 heavy (non-hydrogen) atoms. The lowest BCUT2D eigenvalue weighted by Crippen LogP contribution is -2.28. The van der Waals surface area contributed by atoms with Gasteiger partial charge in [0.05, 0.1) is 11.8 Å². The summed E-state index contributed by atoms with van der Waals surface area (Å²) in [6.45, 7) is 1.93. The summed E-state index contributed by atoms with van der Waals surface area (Å²) < 4.78 is 21.3. The van der Waals surface area contributed by atoms with Gasteiger partial charge in [-0.1, -0.05) is 30.3 Å². The maximum Gasteiger partial charge on any atom is 0.254 e. The molecular weight excluding hydrogens is 395 g/mol. The SMILES string of the molecule is O=c1[nH]c2c(cc1CNCC1CCCO1)c(-c1cccc(F)c1)nn2-c1ccccc1. The molecule has 7 heteroatoms. The van der Waals surface area contributed by atoms with Crippen LogP contribution in [0.5, 0.6) is 0 Å². The van der Waals surface area contributed by atoms with Crippen molar-refractivity contribution < 1.29 is 9.13 Å². The number of H-pyrrole nitrogens is 1. The number of nitrogens with zero attached hydrogens (tertiary/aromatic N) is 2. The minimum Gasteiger partial charge on any atom is -0.377 e. The van der Waals surface area contributed by atoms with Crippen LogP contribution in [-0.2, 0) is 11.3 Å². The molecule has 2 N–H and O–H groups in total. The van der Waals surface area contributed by atoms with Crippen molar-refractivity contribution in [2.24, 2.45) is 0 Å². The van der Waals surface area contributed by atoms with Crippen LogP contribution in [0.3, 0.4) is 0 Å². The summed E-state index contributed by atoms with van der Waals surface area (Å²) in [6, 6.07) is 17.8. The van der Waals surface area contributed by atoms with Gasteiger partial charge in [-0.25, -0.2) is 9.07 Å². The van der Waals surface area contributed by atoms with Gasteiger partial charge in [0.1, 0.15) is 17.2 Å². The number of hydrogen-bond acceptors (Lipinski definition) is 4. The summed E-state index contributed by atoms with van der Waals surface area (Å²) in [5.41, 5.74) is 3.11. The van der Waals surface area contributed by atoms with Crippen molar-refractivity contribution in [2.75, 3.05) is 13.2 Å². The number of hydrogen-bond donors (Lipinski definition) is 2. The van der Waals surface area contributed by atoms with E-state index in [2.05, 4.69) is 10.3 Å². The fourth-order valence-electron chi connectivity index (χ4n) is 4.02. The average Bonchev–Trinajstić information content (AvgIpc) is 3.42. The molecule has 3 heterocycles. The number of nitrogens with one attached hydrogen (secondary N) is 2. The predicted molar refractivity (Wildman–Crippen MR) is 118 cm³/mol. The smallest absolute Gasteiger partial charge is 0.254 e. The molecule has 1 aliphatic rings. The normalized spacial score (nSPS) is 16.2. The molecule has 0 aliphatic carbocycles. The molecule has 1 fully saturated rings. The van der Waals surface area contributed by atoms with E-state index >= 15 is 0 Å². The van der Waals surface area contributed by atoms with Gasteiger partial charge in [-0.15, -0.1) is 0 Å². The number of fused-ring (bicyclic) bond motifs is 1. The molecule has 158 valence electrons. The molecule has 1 atom stereocenters. The molecule has 5 rings (SSSR count). The van der Waals surface area contributed by atoms with Gasteiger partial charge in [-0.2, -0.15) is 5.10 Å². The zero-order valence-corrected chi connectivity index (χ0v) is 17.0. The lowest BCUT2D eigenvalue weighted by atomic mass is 10.1. The molecule has 2 aromatic carbocycles. The number of pyridine rings is 1. The number of rotatable bonds is 6. The van der Waals surface area contributed by atoms with Gasteiger partial charge in [0, 0.05) is 36.2 Å². The topological polar surface area (TPSA) is 71.9 Å². The quantitative estimate of drug-likeness (QED) is 0.500. The van der Waals surface area contributed by atoms with Crippen molar-refractivity contribution >= 4 is 11.0 Å². The minimum atomic E-state index is -0.331. The van der Waals surface area contributed by atoms with Crippen LogP contribution >= 0.6 is 0 Å². The fraction of sp³-hybridized carbons (Fsp3) is 0.250. The number of aromatic amines is 1. The van der Waals surface area contributed by atoms with Crippen LogP contribution in [0.2, 0.25) is 0 Å². The van der Waals surface area contributed by atoms with E-state index in [0.717, 1.165) is 30.5 Å². The molecule has 1 unspecified atom stereocenters. The maximum atomic E-state index is 13.9. The van der Waals surface area contributed by atoms with E-state index in [1.807, 2.05) is 42.5 Å². The van der Waals surface area contributed by atoms with Crippen molar-refractivity contribution in [1.29, 1.82) is 0 Å². The standard InChI is InChI=1S/C24H23FN4O2/c25-18-7-4-6-16(12-18)22-21-13-17(14-26-15-20-10-5-11-31-20)24(30)27-23(21)29(28-22)19-8-2-1-3-9-19/h1-4,6-9,12-13,20,26H,5,10-11,14-15H2,(H,27,30). The van der Waals surface area contributed by atoms with Gasteiger partial charge in [0.2, 0.25) is 0 Å². The van der Waals surface area contributed by atoms with E-state index in [0.29, 0.717) is 35.6 Å². The van der Waals surface area contributed by atoms with Gasteiger partial charge < -0.3 is 15.0 Å². The summed E-state index contributed by atoms with van der Waals surface area (Å²) in [5, 5.41) is 8.83. The highest BCUT2D eigenvalue weighted by Gasteiger charge is 2.18. The number of para-hydroxylation sites is 1. The largest absolute Gasteiger partial charge is 0.377 e. The third-order valence-electron chi connectivity index (χ3n) is 5.57. The van der Waals surface area contributed by atoms with Crippen molar-refractivity contribution in [1.82, 2.24) is 20.1 Å². The highest BCUT2D eigenvalue weighted by atomic mass is 19.1. The van der Waals surface area contributed by atoms with Gasteiger partial charge in [-0.05, 0) is 43.2 Å². The molecule has 0 spiro atoms. The lowest BCUT2D eigenvalue weighted by molar-refractivity contribution is 0.110. The second-order valence-electron chi connectivity index (χ2n) is 7.76. The molecule has 0 bridgehead atoms. The Labute approximate surface area is 178 Å². The Morgan fingerprint density at radius 3 is 2.81 bits per heavy atom. The van der Waals surface area contributed by atoms with Crippen molar-refractivity contribution in [3.8, 4) is 16.9 Å². The summed E-state index contributed by atoms with van der Waals surface area (Å²) in [5.74, 6) is -0.331. The highest BCUT2D eigenvalue weighted by molar-refractivity contribution is 5.92. The van der Waals surface area contributed by atoms with E-state index in [9.17, 15) is 9.18 Å². The molecule has 0 amide bonds. The summed E-state index contributed by atoms with van der Waals surface area (Å²) in [4.78, 5) is 15.8. The molecular formula is C24H23FN4O2. The lowest BCUT2D eigenvalue weighted by Gasteiger charge is -2.10. The van der Waals surface area contributed by atoms with Crippen LogP contribution in [0.25, 0.3) is 28.0 Å². The summed E-state index contributed by atoms with van der Waals surface area (Å²) in [6.07, 6.45) is 2.32. The summed E-state index contributed by atoms with van der Waals surface area (Å²) >= 11 is 0. The third kappa shape index (κ3) is 4.02. The average molecular weight is 418 g/mol. The van der Waals surface area contributed by atoms with E-state index < -0.39 is 0 Å². The van der Waals surface area contributed by atoms with E-state index in [1.165, 1.54) is 12.1 Å². The van der Waals surface area contributed by atoms with Crippen LogP contribution < -0.4 is 10.9 Å². The number of aromatic nitrogens is 3. The molecule has 1 aliphatic heterocycles. The second kappa shape index (κ2) is 8.45. The molecule has 6 nitrogen and oxygen atoms in total. The second-order valence-corrected chi connectivity index (χ2v) is 7.76. The monoisotopic (exact) mass is 418 g/mol. The Morgan fingerprint density at radius 1 is 1.16 bits per heavy atom. The fourth-order valence-corrected chi connectivity index (χ4v) is 4.02. The van der Waals surface area contributed by atoms with Gasteiger partial charge >= 0.3 is 0 Å². The van der Waals surface area contributed by atoms with Gasteiger partial charge in [-0.3, -0.25) is 4.79 Å².